The lowest BCUT2D eigenvalue weighted by Gasteiger charge is -2.20. The monoisotopic (exact) mass is 523 g/mol. The number of fused-ring (bicyclic) bond motifs is 1. The molecule has 194 valence electrons. The Morgan fingerprint density at radius 3 is 2.51 bits per heavy atom. The molecule has 0 aliphatic carbocycles. The number of carbonyl (C=O) groups excluding carboxylic acids is 1. The van der Waals surface area contributed by atoms with Gasteiger partial charge in [-0.15, -0.1) is 0 Å². The normalized spacial score (nSPS) is 12.1. The summed E-state index contributed by atoms with van der Waals surface area (Å²) in [5.74, 6) is 0.0679. The number of para-hydroxylation sites is 1. The van der Waals surface area contributed by atoms with Crippen molar-refractivity contribution in [1.82, 2.24) is 30.2 Å². The second-order valence-corrected chi connectivity index (χ2v) is 8.88. The molecule has 0 saturated carbocycles. The lowest BCUT2D eigenvalue weighted by Crippen LogP contribution is -2.22. The standard InChI is InChI=1S/C26H28FN7O2.H2S/c1-15(17-7-6-8-18-22(24(35)28-4)19(27)13-30-23(17)18)10-29-21-9-20(33-14-34-21)16-11-31-25(32-12-16)26(2,3)36-5;/h6-9,11-15H,10H2,1-5H3,(H,28,35)(H,29,33,34);1H2/t15-;/m1./s1. The van der Waals surface area contributed by atoms with Crippen LogP contribution in [0.1, 0.15) is 48.4 Å². The third-order valence-corrected chi connectivity index (χ3v) is 6.12. The number of benzene rings is 1. The Morgan fingerprint density at radius 1 is 1.11 bits per heavy atom. The number of aromatic nitrogens is 5. The van der Waals surface area contributed by atoms with Crippen molar-refractivity contribution in [3.63, 3.8) is 0 Å². The molecule has 3 aromatic heterocycles. The first kappa shape index (κ1) is 27.9. The van der Waals surface area contributed by atoms with Crippen molar-refractivity contribution >= 4 is 36.1 Å². The summed E-state index contributed by atoms with van der Waals surface area (Å²) in [5.41, 5.74) is 2.32. The van der Waals surface area contributed by atoms with Crippen LogP contribution in [0.3, 0.4) is 0 Å². The first-order chi connectivity index (χ1) is 17.2. The number of halogens is 1. The molecule has 2 N–H and O–H groups in total. The van der Waals surface area contributed by atoms with E-state index in [2.05, 4.69) is 35.6 Å². The van der Waals surface area contributed by atoms with Gasteiger partial charge >= 0.3 is 0 Å². The minimum atomic E-state index is -0.652. The van der Waals surface area contributed by atoms with Gasteiger partial charge in [0, 0.05) is 56.0 Å². The van der Waals surface area contributed by atoms with E-state index in [1.807, 2.05) is 32.9 Å². The highest BCUT2D eigenvalue weighted by Crippen LogP contribution is 2.28. The molecule has 0 unspecified atom stereocenters. The smallest absolute Gasteiger partial charge is 0.254 e. The van der Waals surface area contributed by atoms with Crippen molar-refractivity contribution in [1.29, 1.82) is 0 Å². The van der Waals surface area contributed by atoms with Crippen LogP contribution in [0, 0.1) is 5.82 Å². The fraction of sp³-hybridized carbons (Fsp3) is 0.308. The quantitative estimate of drug-likeness (QED) is 0.353. The molecule has 0 aliphatic rings. The SMILES string of the molecule is CNC(=O)c1c(F)cnc2c([C@H](C)CNc3cc(-c4cnc(C(C)(C)OC)nc4)ncn3)cccc12.S. The molecular formula is C26H30FN7O2S. The summed E-state index contributed by atoms with van der Waals surface area (Å²) in [4.78, 5) is 34.1. The number of carbonyl (C=O) groups is 1. The largest absolute Gasteiger partial charge is 0.371 e. The van der Waals surface area contributed by atoms with Gasteiger partial charge in [-0.3, -0.25) is 9.78 Å². The summed E-state index contributed by atoms with van der Waals surface area (Å²) in [6, 6.07) is 7.27. The zero-order chi connectivity index (χ0) is 25.9. The molecule has 9 nitrogen and oxygen atoms in total. The maximum atomic E-state index is 14.4. The molecule has 1 amide bonds. The predicted molar refractivity (Wildman–Crippen MR) is 145 cm³/mol. The van der Waals surface area contributed by atoms with E-state index in [0.717, 1.165) is 17.3 Å². The third-order valence-electron chi connectivity index (χ3n) is 6.12. The summed E-state index contributed by atoms with van der Waals surface area (Å²) in [6.07, 6.45) is 5.99. The van der Waals surface area contributed by atoms with Crippen molar-refractivity contribution in [3.8, 4) is 11.3 Å². The molecule has 0 fully saturated rings. The molecule has 3 heterocycles. The van der Waals surface area contributed by atoms with Crippen LogP contribution >= 0.6 is 13.5 Å². The number of hydrogen-bond acceptors (Lipinski definition) is 8. The number of ether oxygens (including phenoxy) is 1. The predicted octanol–water partition coefficient (Wildman–Crippen LogP) is 4.19. The maximum absolute atomic E-state index is 14.4. The van der Waals surface area contributed by atoms with E-state index in [-0.39, 0.29) is 25.0 Å². The molecule has 0 spiro atoms. The topological polar surface area (TPSA) is 115 Å². The second-order valence-electron chi connectivity index (χ2n) is 8.88. The van der Waals surface area contributed by atoms with Gasteiger partial charge in [0.1, 0.15) is 17.7 Å². The molecule has 4 aromatic rings. The number of hydrogen-bond donors (Lipinski definition) is 2. The van der Waals surface area contributed by atoms with E-state index in [4.69, 9.17) is 4.74 Å². The van der Waals surface area contributed by atoms with Crippen LogP contribution in [-0.2, 0) is 10.3 Å². The number of pyridine rings is 1. The van der Waals surface area contributed by atoms with Gasteiger partial charge in [0.2, 0.25) is 0 Å². The highest BCUT2D eigenvalue weighted by molar-refractivity contribution is 7.59. The van der Waals surface area contributed by atoms with Crippen molar-refractivity contribution in [3.05, 3.63) is 72.0 Å². The van der Waals surface area contributed by atoms with Gasteiger partial charge in [-0.05, 0) is 19.4 Å². The zero-order valence-electron chi connectivity index (χ0n) is 21.3. The van der Waals surface area contributed by atoms with Gasteiger partial charge in [-0.2, -0.15) is 13.5 Å². The van der Waals surface area contributed by atoms with Crippen molar-refractivity contribution < 1.29 is 13.9 Å². The van der Waals surface area contributed by atoms with Crippen LogP contribution < -0.4 is 10.6 Å². The first-order valence-corrected chi connectivity index (χ1v) is 11.5. The van der Waals surface area contributed by atoms with Crippen LogP contribution in [-0.4, -0.2) is 51.5 Å². The average Bonchev–Trinajstić information content (AvgIpc) is 2.91. The minimum absolute atomic E-state index is 0. The summed E-state index contributed by atoms with van der Waals surface area (Å²) >= 11 is 0. The Balaban J connectivity index is 0.00000380. The van der Waals surface area contributed by atoms with E-state index >= 15 is 0 Å². The van der Waals surface area contributed by atoms with Crippen LogP contribution in [0.15, 0.2) is 49.2 Å². The number of nitrogens with zero attached hydrogens (tertiary/aromatic N) is 5. The number of anilines is 1. The van der Waals surface area contributed by atoms with Gasteiger partial charge in [0.25, 0.3) is 5.91 Å². The van der Waals surface area contributed by atoms with Gasteiger partial charge in [0.15, 0.2) is 11.6 Å². The molecule has 0 saturated heterocycles. The van der Waals surface area contributed by atoms with Crippen LogP contribution in [0.25, 0.3) is 22.2 Å². The van der Waals surface area contributed by atoms with Gasteiger partial charge in [-0.25, -0.2) is 24.3 Å². The third kappa shape index (κ3) is 5.83. The molecule has 4 rings (SSSR count). The van der Waals surface area contributed by atoms with Crippen molar-refractivity contribution in [2.45, 2.75) is 32.3 Å². The Bertz CT molecular complexity index is 1400. The highest BCUT2D eigenvalue weighted by Gasteiger charge is 2.23. The molecule has 11 heteroatoms. The molecule has 1 atom stereocenters. The zero-order valence-corrected chi connectivity index (χ0v) is 22.3. The second kappa shape index (κ2) is 11.6. The lowest BCUT2D eigenvalue weighted by atomic mass is 9.96. The minimum Gasteiger partial charge on any atom is -0.371 e. The first-order valence-electron chi connectivity index (χ1n) is 11.5. The molecule has 0 bridgehead atoms. The molecule has 0 radical (unpaired) electrons. The summed E-state index contributed by atoms with van der Waals surface area (Å²) in [6.45, 7) is 6.36. The molecular weight excluding hydrogens is 493 g/mol. The van der Waals surface area contributed by atoms with Gasteiger partial charge in [-0.1, -0.05) is 25.1 Å². The Kier molecular flexibility index (Phi) is 8.72. The Morgan fingerprint density at radius 2 is 1.84 bits per heavy atom. The van der Waals surface area contributed by atoms with E-state index in [0.29, 0.717) is 34.8 Å². The molecule has 37 heavy (non-hydrogen) atoms. The fourth-order valence-electron chi connectivity index (χ4n) is 3.82. The molecule has 1 aromatic carbocycles. The van der Waals surface area contributed by atoms with Crippen LogP contribution in [0.2, 0.25) is 0 Å². The van der Waals surface area contributed by atoms with E-state index < -0.39 is 17.3 Å². The lowest BCUT2D eigenvalue weighted by molar-refractivity contribution is 0.0115. The number of rotatable bonds is 8. The fourth-order valence-corrected chi connectivity index (χ4v) is 3.82. The van der Waals surface area contributed by atoms with Crippen molar-refractivity contribution in [2.24, 2.45) is 0 Å². The number of nitrogens with one attached hydrogen (secondary N) is 2. The Labute approximate surface area is 221 Å². The van der Waals surface area contributed by atoms with E-state index in [1.54, 1.807) is 31.6 Å². The van der Waals surface area contributed by atoms with Gasteiger partial charge < -0.3 is 15.4 Å². The Hall–Kier alpha value is -3.70. The number of amides is 1. The summed E-state index contributed by atoms with van der Waals surface area (Å²) < 4.78 is 19.8. The van der Waals surface area contributed by atoms with Crippen molar-refractivity contribution in [2.75, 3.05) is 26.0 Å². The maximum Gasteiger partial charge on any atom is 0.254 e. The summed E-state index contributed by atoms with van der Waals surface area (Å²) in [5, 5.41) is 6.30. The number of methoxy groups -OCH3 is 1. The van der Waals surface area contributed by atoms with E-state index in [9.17, 15) is 9.18 Å². The summed E-state index contributed by atoms with van der Waals surface area (Å²) in [7, 11) is 3.09. The average molecular weight is 524 g/mol. The van der Waals surface area contributed by atoms with Crippen LogP contribution in [0.4, 0.5) is 10.2 Å². The van der Waals surface area contributed by atoms with E-state index in [1.165, 1.54) is 13.4 Å². The van der Waals surface area contributed by atoms with Crippen LogP contribution in [0.5, 0.6) is 0 Å². The van der Waals surface area contributed by atoms with Gasteiger partial charge in [0.05, 0.1) is 23.0 Å². The highest BCUT2D eigenvalue weighted by atomic mass is 32.1. The molecule has 0 aliphatic heterocycles.